The van der Waals surface area contributed by atoms with Crippen LogP contribution in [0.1, 0.15) is 54.0 Å². The molecule has 3 unspecified atom stereocenters. The molecular formula is C19H27N3OS. The third kappa shape index (κ3) is 3.84. The Balaban J connectivity index is 2.14. The molecule has 0 aliphatic carbocycles. The smallest absolute Gasteiger partial charge is 0.227 e. The second kappa shape index (κ2) is 7.90. The fourth-order valence-corrected chi connectivity index (χ4v) is 3.91. The molecule has 3 atom stereocenters. The maximum Gasteiger partial charge on any atom is 0.227 e. The first kappa shape index (κ1) is 18.6. The van der Waals surface area contributed by atoms with Gasteiger partial charge in [-0.1, -0.05) is 44.2 Å². The summed E-state index contributed by atoms with van der Waals surface area (Å²) in [7, 11) is 1.85. The third-order valence-electron chi connectivity index (χ3n) is 4.60. The van der Waals surface area contributed by atoms with Crippen LogP contribution < -0.4 is 5.73 Å². The highest BCUT2D eigenvalue weighted by molar-refractivity contribution is 7.11. The summed E-state index contributed by atoms with van der Waals surface area (Å²) in [5, 5.41) is 1.12. The van der Waals surface area contributed by atoms with Crippen molar-refractivity contribution in [2.45, 2.75) is 46.2 Å². The van der Waals surface area contributed by atoms with Crippen LogP contribution in [0.25, 0.3) is 0 Å². The molecule has 4 nitrogen and oxygen atoms in total. The van der Waals surface area contributed by atoms with Crippen molar-refractivity contribution in [3.8, 4) is 0 Å². The van der Waals surface area contributed by atoms with Crippen molar-refractivity contribution in [2.75, 3.05) is 7.05 Å². The predicted octanol–water partition coefficient (Wildman–Crippen LogP) is 3.87. The lowest BCUT2D eigenvalue weighted by Crippen LogP contribution is -2.38. The Morgan fingerprint density at radius 3 is 2.46 bits per heavy atom. The first-order valence-corrected chi connectivity index (χ1v) is 9.21. The molecule has 0 aliphatic heterocycles. The largest absolute Gasteiger partial charge is 0.338 e. The Morgan fingerprint density at radius 2 is 1.92 bits per heavy atom. The maximum atomic E-state index is 12.9. The number of nitrogens with zero attached hydrogens (tertiary/aromatic N) is 2. The van der Waals surface area contributed by atoms with Gasteiger partial charge in [-0.15, -0.1) is 11.3 Å². The number of aryl methyl sites for hydroxylation is 2. The summed E-state index contributed by atoms with van der Waals surface area (Å²) >= 11 is 1.69. The summed E-state index contributed by atoms with van der Waals surface area (Å²) < 4.78 is 0. The highest BCUT2D eigenvalue weighted by Crippen LogP contribution is 2.31. The van der Waals surface area contributed by atoms with Gasteiger partial charge < -0.3 is 10.6 Å². The van der Waals surface area contributed by atoms with Gasteiger partial charge in [-0.3, -0.25) is 4.79 Å². The lowest BCUT2D eigenvalue weighted by atomic mass is 9.94. The Labute approximate surface area is 148 Å². The van der Waals surface area contributed by atoms with Crippen LogP contribution in [0, 0.1) is 12.8 Å². The van der Waals surface area contributed by atoms with E-state index in [4.69, 9.17) is 5.73 Å². The molecule has 2 N–H and O–H groups in total. The first-order chi connectivity index (χ1) is 11.4. The monoisotopic (exact) mass is 345 g/mol. The van der Waals surface area contributed by atoms with Crippen LogP contribution in [0.2, 0.25) is 0 Å². The number of carbonyl (C=O) groups is 1. The first-order valence-electron chi connectivity index (χ1n) is 8.40. The van der Waals surface area contributed by atoms with Crippen LogP contribution in [0.15, 0.2) is 30.3 Å². The van der Waals surface area contributed by atoms with E-state index in [1.165, 1.54) is 0 Å². The molecule has 1 aromatic carbocycles. The summed E-state index contributed by atoms with van der Waals surface area (Å²) in [6, 6.07) is 9.49. The number of amides is 1. The van der Waals surface area contributed by atoms with Crippen LogP contribution in [0.3, 0.4) is 0 Å². The minimum Gasteiger partial charge on any atom is -0.338 e. The normalized spacial score (nSPS) is 14.9. The van der Waals surface area contributed by atoms with Crippen molar-refractivity contribution < 1.29 is 4.79 Å². The van der Waals surface area contributed by atoms with E-state index in [1.54, 1.807) is 16.2 Å². The molecule has 0 fully saturated rings. The molecule has 1 heterocycles. The van der Waals surface area contributed by atoms with Crippen LogP contribution >= 0.6 is 11.3 Å². The molecule has 0 radical (unpaired) electrons. The minimum atomic E-state index is -0.304. The lowest BCUT2D eigenvalue weighted by molar-refractivity contribution is -0.136. The fourth-order valence-electron chi connectivity index (χ4n) is 2.81. The van der Waals surface area contributed by atoms with Crippen molar-refractivity contribution in [1.82, 2.24) is 9.88 Å². The quantitative estimate of drug-likeness (QED) is 0.864. The SMILES string of the molecule is CCc1nc(C)c(C(C)N(C)C(=O)C(C)C(N)c2ccccc2)s1. The second-order valence-electron chi connectivity index (χ2n) is 6.26. The Kier molecular flexibility index (Phi) is 6.13. The molecule has 0 bridgehead atoms. The molecule has 24 heavy (non-hydrogen) atoms. The number of rotatable bonds is 6. The van der Waals surface area contributed by atoms with Gasteiger partial charge in [0.2, 0.25) is 5.91 Å². The summed E-state index contributed by atoms with van der Waals surface area (Å²) in [4.78, 5) is 20.4. The highest BCUT2D eigenvalue weighted by atomic mass is 32.1. The molecule has 0 saturated heterocycles. The molecule has 5 heteroatoms. The average Bonchev–Trinajstić information content (AvgIpc) is 3.00. The molecule has 0 saturated carbocycles. The van der Waals surface area contributed by atoms with Crippen molar-refractivity contribution in [2.24, 2.45) is 11.7 Å². The van der Waals surface area contributed by atoms with Crippen molar-refractivity contribution in [3.63, 3.8) is 0 Å². The molecule has 130 valence electrons. The molecule has 1 aromatic heterocycles. The molecule has 1 amide bonds. The van der Waals surface area contributed by atoms with E-state index in [9.17, 15) is 4.79 Å². The predicted molar refractivity (Wildman–Crippen MR) is 99.9 cm³/mol. The van der Waals surface area contributed by atoms with Crippen molar-refractivity contribution in [3.05, 3.63) is 51.5 Å². The van der Waals surface area contributed by atoms with Crippen LogP contribution in [-0.2, 0) is 11.2 Å². The van der Waals surface area contributed by atoms with Gasteiger partial charge in [-0.05, 0) is 25.8 Å². The number of hydrogen-bond donors (Lipinski definition) is 1. The van der Waals surface area contributed by atoms with E-state index in [-0.39, 0.29) is 23.9 Å². The zero-order valence-electron chi connectivity index (χ0n) is 15.1. The Hall–Kier alpha value is -1.72. The van der Waals surface area contributed by atoms with E-state index in [1.807, 2.05) is 51.2 Å². The molecule has 2 rings (SSSR count). The van der Waals surface area contributed by atoms with Gasteiger partial charge in [-0.2, -0.15) is 0 Å². The molecule has 2 aromatic rings. The second-order valence-corrected chi connectivity index (χ2v) is 7.38. The van der Waals surface area contributed by atoms with E-state index < -0.39 is 0 Å². The number of thiazole rings is 1. The van der Waals surface area contributed by atoms with Gasteiger partial charge in [0.25, 0.3) is 0 Å². The third-order valence-corrected chi connectivity index (χ3v) is 6.07. The maximum absolute atomic E-state index is 12.9. The summed E-state index contributed by atoms with van der Waals surface area (Å²) in [6.07, 6.45) is 0.922. The van der Waals surface area contributed by atoms with Gasteiger partial charge in [0.1, 0.15) is 0 Å². The van der Waals surface area contributed by atoms with Crippen molar-refractivity contribution >= 4 is 17.2 Å². The van der Waals surface area contributed by atoms with Gasteiger partial charge in [0.15, 0.2) is 0 Å². The van der Waals surface area contributed by atoms with Crippen molar-refractivity contribution in [1.29, 1.82) is 0 Å². The van der Waals surface area contributed by atoms with E-state index in [2.05, 4.69) is 18.8 Å². The number of benzene rings is 1. The topological polar surface area (TPSA) is 59.2 Å². The molecular weight excluding hydrogens is 318 g/mol. The average molecular weight is 346 g/mol. The summed E-state index contributed by atoms with van der Waals surface area (Å²) in [6.45, 7) is 8.07. The van der Waals surface area contributed by atoms with E-state index in [0.717, 1.165) is 27.6 Å². The Bertz CT molecular complexity index is 683. The van der Waals surface area contributed by atoms with Crippen LogP contribution in [-0.4, -0.2) is 22.8 Å². The molecule has 0 spiro atoms. The number of carbonyl (C=O) groups excluding carboxylic acids is 1. The van der Waals surface area contributed by atoms with Gasteiger partial charge >= 0.3 is 0 Å². The van der Waals surface area contributed by atoms with Gasteiger partial charge in [0.05, 0.1) is 22.7 Å². The minimum absolute atomic E-state index is 0.000670. The van der Waals surface area contributed by atoms with Gasteiger partial charge in [-0.25, -0.2) is 4.98 Å². The van der Waals surface area contributed by atoms with Crippen LogP contribution in [0.5, 0.6) is 0 Å². The number of aromatic nitrogens is 1. The number of nitrogens with two attached hydrogens (primary N) is 1. The molecule has 0 aliphatic rings. The zero-order valence-corrected chi connectivity index (χ0v) is 15.9. The fraction of sp³-hybridized carbons (Fsp3) is 0.474. The lowest BCUT2D eigenvalue weighted by Gasteiger charge is -2.29. The summed E-state index contributed by atoms with van der Waals surface area (Å²) in [5.41, 5.74) is 8.32. The van der Waals surface area contributed by atoms with Crippen LogP contribution in [0.4, 0.5) is 0 Å². The zero-order chi connectivity index (χ0) is 17.9. The number of hydrogen-bond acceptors (Lipinski definition) is 4. The standard InChI is InChI=1S/C19H27N3OS/c1-6-16-21-13(3)18(24-16)14(4)22(5)19(23)12(2)17(20)15-10-8-7-9-11-15/h7-12,14,17H,6,20H2,1-5H3. The highest BCUT2D eigenvalue weighted by Gasteiger charge is 2.29. The van der Waals surface area contributed by atoms with E-state index in [0.29, 0.717) is 0 Å². The summed E-state index contributed by atoms with van der Waals surface area (Å²) in [5.74, 6) is -0.219. The van der Waals surface area contributed by atoms with Gasteiger partial charge in [0, 0.05) is 18.0 Å². The Morgan fingerprint density at radius 1 is 1.29 bits per heavy atom. The van der Waals surface area contributed by atoms with E-state index >= 15 is 0 Å².